The molecule has 1 fully saturated rings. The van der Waals surface area contributed by atoms with Gasteiger partial charge >= 0.3 is 0 Å². The number of carbonyl (C=O) groups is 1. The Morgan fingerprint density at radius 1 is 1.40 bits per heavy atom. The first-order chi connectivity index (χ1) is 9.60. The molecule has 1 amide bonds. The number of thioether (sulfide) groups is 1. The van der Waals surface area contributed by atoms with Crippen molar-refractivity contribution in [3.63, 3.8) is 0 Å². The lowest BCUT2D eigenvalue weighted by Crippen LogP contribution is -2.52. The van der Waals surface area contributed by atoms with Crippen LogP contribution in [0.25, 0.3) is 0 Å². The van der Waals surface area contributed by atoms with E-state index in [-0.39, 0.29) is 12.5 Å². The van der Waals surface area contributed by atoms with Crippen LogP contribution in [0, 0.1) is 0 Å². The van der Waals surface area contributed by atoms with Crippen molar-refractivity contribution in [3.05, 3.63) is 28.8 Å². The van der Waals surface area contributed by atoms with Crippen LogP contribution in [-0.2, 0) is 0 Å². The van der Waals surface area contributed by atoms with Crippen LogP contribution in [0.1, 0.15) is 42.5 Å². The Morgan fingerprint density at radius 2 is 2.10 bits per heavy atom. The molecule has 0 atom stereocenters. The number of nitrogens with one attached hydrogen (secondary N) is 1. The molecule has 0 heterocycles. The van der Waals surface area contributed by atoms with Gasteiger partial charge in [-0.15, -0.1) is 11.8 Å². The topological polar surface area (TPSA) is 49.3 Å². The van der Waals surface area contributed by atoms with E-state index < -0.39 is 5.54 Å². The van der Waals surface area contributed by atoms with Crippen molar-refractivity contribution in [1.82, 2.24) is 5.32 Å². The number of hydrogen-bond acceptors (Lipinski definition) is 3. The zero-order valence-electron chi connectivity index (χ0n) is 11.6. The molecule has 0 aromatic heterocycles. The van der Waals surface area contributed by atoms with Crippen molar-refractivity contribution in [1.29, 1.82) is 0 Å². The van der Waals surface area contributed by atoms with Gasteiger partial charge in [0.2, 0.25) is 0 Å². The highest BCUT2D eigenvalue weighted by Crippen LogP contribution is 2.29. The van der Waals surface area contributed by atoms with Crippen LogP contribution >= 0.6 is 23.4 Å². The van der Waals surface area contributed by atoms with Crippen LogP contribution in [0.4, 0.5) is 0 Å². The molecule has 1 aliphatic rings. The molecule has 1 aromatic carbocycles. The van der Waals surface area contributed by atoms with Crippen LogP contribution in [0.5, 0.6) is 0 Å². The second kappa shape index (κ2) is 6.83. The van der Waals surface area contributed by atoms with E-state index >= 15 is 0 Å². The van der Waals surface area contributed by atoms with Gasteiger partial charge in [0.05, 0.1) is 22.7 Å². The van der Waals surface area contributed by atoms with Crippen molar-refractivity contribution in [2.24, 2.45) is 0 Å². The largest absolute Gasteiger partial charge is 0.394 e. The Hall–Kier alpha value is -0.710. The summed E-state index contributed by atoms with van der Waals surface area (Å²) < 4.78 is 0. The number of aliphatic hydroxyl groups excluding tert-OH is 1. The van der Waals surface area contributed by atoms with Gasteiger partial charge in [0.15, 0.2) is 0 Å². The second-order valence-corrected chi connectivity index (χ2v) is 6.59. The molecule has 2 rings (SSSR count). The predicted octanol–water partition coefficient (Wildman–Crippen LogP) is 3.49. The van der Waals surface area contributed by atoms with Crippen molar-refractivity contribution in [2.75, 3.05) is 12.9 Å². The molecule has 1 saturated carbocycles. The number of aliphatic hydroxyl groups is 1. The van der Waals surface area contributed by atoms with Crippen molar-refractivity contribution in [2.45, 2.75) is 42.5 Å². The zero-order chi connectivity index (χ0) is 14.6. The van der Waals surface area contributed by atoms with Gasteiger partial charge < -0.3 is 10.4 Å². The second-order valence-electron chi connectivity index (χ2n) is 5.30. The van der Waals surface area contributed by atoms with E-state index in [4.69, 9.17) is 11.6 Å². The lowest BCUT2D eigenvalue weighted by atomic mass is 9.82. The third-order valence-corrected chi connectivity index (χ3v) is 4.97. The maximum absolute atomic E-state index is 12.5. The zero-order valence-corrected chi connectivity index (χ0v) is 13.2. The minimum atomic E-state index is -0.478. The molecule has 110 valence electrons. The van der Waals surface area contributed by atoms with Gasteiger partial charge in [-0.25, -0.2) is 0 Å². The first-order valence-corrected chi connectivity index (χ1v) is 8.47. The molecule has 2 N–H and O–H groups in total. The van der Waals surface area contributed by atoms with E-state index in [1.165, 1.54) is 6.42 Å². The monoisotopic (exact) mass is 313 g/mol. The van der Waals surface area contributed by atoms with E-state index in [1.54, 1.807) is 23.9 Å². The number of rotatable bonds is 4. The summed E-state index contributed by atoms with van der Waals surface area (Å²) in [5.74, 6) is -0.193. The summed E-state index contributed by atoms with van der Waals surface area (Å²) in [5, 5.41) is 13.1. The Balaban J connectivity index is 2.18. The highest BCUT2D eigenvalue weighted by Gasteiger charge is 2.33. The summed E-state index contributed by atoms with van der Waals surface area (Å²) in [6, 6.07) is 5.44. The normalized spacial score (nSPS) is 17.8. The minimum absolute atomic E-state index is 0.0153. The van der Waals surface area contributed by atoms with Crippen molar-refractivity contribution < 1.29 is 9.90 Å². The molecule has 0 radical (unpaired) electrons. The molecule has 0 aliphatic heterocycles. The average Bonchev–Trinajstić information content (AvgIpc) is 2.48. The van der Waals surface area contributed by atoms with Gasteiger partial charge in [-0.05, 0) is 37.3 Å². The van der Waals surface area contributed by atoms with Gasteiger partial charge in [-0.2, -0.15) is 0 Å². The van der Waals surface area contributed by atoms with Gasteiger partial charge in [-0.1, -0.05) is 30.9 Å². The molecule has 0 unspecified atom stereocenters. The van der Waals surface area contributed by atoms with E-state index in [9.17, 15) is 9.90 Å². The first-order valence-electron chi connectivity index (χ1n) is 6.87. The number of halogens is 1. The maximum atomic E-state index is 12.5. The van der Waals surface area contributed by atoms with Crippen molar-refractivity contribution >= 4 is 29.3 Å². The van der Waals surface area contributed by atoms with Crippen LogP contribution < -0.4 is 5.32 Å². The summed E-state index contributed by atoms with van der Waals surface area (Å²) in [6.07, 6.45) is 6.87. The third kappa shape index (κ3) is 3.48. The summed E-state index contributed by atoms with van der Waals surface area (Å²) in [7, 11) is 0. The van der Waals surface area contributed by atoms with Gasteiger partial charge in [-0.3, -0.25) is 4.79 Å². The van der Waals surface area contributed by atoms with E-state index in [0.29, 0.717) is 10.6 Å². The Labute approximate surface area is 129 Å². The van der Waals surface area contributed by atoms with E-state index in [0.717, 1.165) is 30.6 Å². The van der Waals surface area contributed by atoms with Crippen molar-refractivity contribution in [3.8, 4) is 0 Å². The van der Waals surface area contributed by atoms with Gasteiger partial charge in [0.25, 0.3) is 5.91 Å². The van der Waals surface area contributed by atoms with E-state index in [1.807, 2.05) is 12.3 Å². The quantitative estimate of drug-likeness (QED) is 0.837. The molecule has 1 aromatic rings. The Morgan fingerprint density at radius 3 is 2.70 bits per heavy atom. The summed E-state index contributed by atoms with van der Waals surface area (Å²) in [6.45, 7) is -0.0153. The number of carbonyl (C=O) groups excluding carboxylic acids is 1. The highest BCUT2D eigenvalue weighted by atomic mass is 35.5. The summed E-state index contributed by atoms with van der Waals surface area (Å²) in [4.78, 5) is 13.5. The third-order valence-electron chi connectivity index (χ3n) is 3.91. The molecular weight excluding hydrogens is 294 g/mol. The molecular formula is C15H20ClNO2S. The lowest BCUT2D eigenvalue weighted by molar-refractivity contribution is 0.0758. The molecule has 5 heteroatoms. The average molecular weight is 314 g/mol. The molecule has 0 spiro atoms. The van der Waals surface area contributed by atoms with Gasteiger partial charge in [0.1, 0.15) is 0 Å². The fourth-order valence-corrected chi connectivity index (χ4v) is 3.31. The molecule has 0 bridgehead atoms. The molecule has 3 nitrogen and oxygen atoms in total. The van der Waals surface area contributed by atoms with Crippen LogP contribution in [0.2, 0.25) is 5.02 Å². The minimum Gasteiger partial charge on any atom is -0.394 e. The highest BCUT2D eigenvalue weighted by molar-refractivity contribution is 7.98. The molecule has 20 heavy (non-hydrogen) atoms. The Kier molecular flexibility index (Phi) is 5.35. The summed E-state index contributed by atoms with van der Waals surface area (Å²) in [5.41, 5.74) is 0.00510. The SMILES string of the molecule is CSc1ccc(Cl)c(C(=O)NC2(CO)CCCCC2)c1. The Bertz CT molecular complexity index is 487. The molecule has 0 saturated heterocycles. The maximum Gasteiger partial charge on any atom is 0.253 e. The predicted molar refractivity (Wildman–Crippen MR) is 83.6 cm³/mol. The van der Waals surface area contributed by atoms with Crippen LogP contribution in [-0.4, -0.2) is 29.4 Å². The molecule has 1 aliphatic carbocycles. The fraction of sp³-hybridized carbons (Fsp3) is 0.533. The van der Waals surface area contributed by atoms with Gasteiger partial charge in [0, 0.05) is 4.90 Å². The van der Waals surface area contributed by atoms with E-state index in [2.05, 4.69) is 5.32 Å². The smallest absolute Gasteiger partial charge is 0.253 e. The summed E-state index contributed by atoms with van der Waals surface area (Å²) >= 11 is 7.69. The number of benzene rings is 1. The lowest BCUT2D eigenvalue weighted by Gasteiger charge is -2.36. The van der Waals surface area contributed by atoms with Crippen LogP contribution in [0.15, 0.2) is 23.1 Å². The number of amides is 1. The fourth-order valence-electron chi connectivity index (χ4n) is 2.66. The first kappa shape index (κ1) is 15.7. The number of hydrogen-bond donors (Lipinski definition) is 2. The van der Waals surface area contributed by atoms with Crippen LogP contribution in [0.3, 0.4) is 0 Å². The standard InChI is InChI=1S/C15H20ClNO2S/c1-20-11-5-6-13(16)12(9-11)14(19)17-15(10-18)7-3-2-4-8-15/h5-6,9,18H,2-4,7-8,10H2,1H3,(H,17,19).